The molecule has 0 atom stereocenters. The number of amides is 2. The van der Waals surface area contributed by atoms with Crippen LogP contribution in [0.1, 0.15) is 0 Å². The summed E-state index contributed by atoms with van der Waals surface area (Å²) in [6, 6.07) is 8.02. The van der Waals surface area contributed by atoms with E-state index in [0.717, 1.165) is 0 Å². The van der Waals surface area contributed by atoms with E-state index in [2.05, 4.69) is 10.3 Å². The van der Waals surface area contributed by atoms with Crippen molar-refractivity contribution in [3.8, 4) is 5.75 Å². The molecule has 2 heterocycles. The van der Waals surface area contributed by atoms with Crippen molar-refractivity contribution < 1.29 is 14.3 Å². The maximum absolute atomic E-state index is 12.3. The summed E-state index contributed by atoms with van der Waals surface area (Å²) in [4.78, 5) is 29.6. The number of nitrogens with two attached hydrogens (primary N) is 1. The molecule has 1 aromatic carbocycles. The number of benzene rings is 1. The molecule has 0 radical (unpaired) electrons. The van der Waals surface area contributed by atoms with E-state index in [9.17, 15) is 9.59 Å². The molecule has 3 N–H and O–H groups in total. The Hall–Kier alpha value is -2.51. The van der Waals surface area contributed by atoms with Gasteiger partial charge < -0.3 is 15.8 Å². The number of nitrogen functional groups attached to an aromatic ring is 1. The Kier molecular flexibility index (Phi) is 4.46. The first-order valence-corrected chi connectivity index (χ1v) is 7.65. The summed E-state index contributed by atoms with van der Waals surface area (Å²) < 4.78 is 5.28. The van der Waals surface area contributed by atoms with Crippen LogP contribution < -0.4 is 20.7 Å². The van der Waals surface area contributed by atoms with Gasteiger partial charge in [-0.15, -0.1) is 0 Å². The summed E-state index contributed by atoms with van der Waals surface area (Å²) in [5, 5.41) is 3.16. The minimum atomic E-state index is -0.454. The van der Waals surface area contributed by atoms with Crippen LogP contribution in [0.2, 0.25) is 10.0 Å². The number of rotatable bonds is 3. The van der Waals surface area contributed by atoms with E-state index in [4.69, 9.17) is 33.7 Å². The molecule has 124 valence electrons. The number of nitrogens with zero attached hydrogens (tertiary/aromatic N) is 2. The van der Waals surface area contributed by atoms with E-state index in [-0.39, 0.29) is 29.8 Å². The number of carbonyl (C=O) groups is 2. The molecule has 9 heteroatoms. The summed E-state index contributed by atoms with van der Waals surface area (Å²) in [6.45, 7) is -0.432. The quantitative estimate of drug-likeness (QED) is 0.868. The highest BCUT2D eigenvalue weighted by molar-refractivity contribution is 6.44. The molecular weight excluding hydrogens is 355 g/mol. The van der Waals surface area contributed by atoms with Crippen LogP contribution in [0.15, 0.2) is 30.3 Å². The normalized spacial score (nSPS) is 13.2. The van der Waals surface area contributed by atoms with Crippen LogP contribution in [0.3, 0.4) is 0 Å². The molecule has 0 bridgehead atoms. The minimum absolute atomic E-state index is 0.177. The number of hydrogen-bond donors (Lipinski definition) is 2. The number of aromatic nitrogens is 1. The molecule has 1 aliphatic heterocycles. The van der Waals surface area contributed by atoms with Crippen LogP contribution in [0.25, 0.3) is 0 Å². The highest BCUT2D eigenvalue weighted by Crippen LogP contribution is 2.32. The molecule has 1 aromatic heterocycles. The van der Waals surface area contributed by atoms with Crippen molar-refractivity contribution in [3.05, 3.63) is 40.4 Å². The monoisotopic (exact) mass is 366 g/mol. The molecule has 0 spiro atoms. The van der Waals surface area contributed by atoms with Crippen molar-refractivity contribution in [2.75, 3.05) is 29.1 Å². The second-order valence-corrected chi connectivity index (χ2v) is 5.76. The third kappa shape index (κ3) is 3.22. The van der Waals surface area contributed by atoms with E-state index in [1.165, 1.54) is 4.90 Å². The van der Waals surface area contributed by atoms with Crippen molar-refractivity contribution >= 4 is 52.3 Å². The molecule has 2 aromatic rings. The van der Waals surface area contributed by atoms with Crippen LogP contribution in [-0.2, 0) is 9.59 Å². The Bertz CT molecular complexity index is 828. The van der Waals surface area contributed by atoms with Gasteiger partial charge in [-0.2, -0.15) is 0 Å². The molecule has 0 aliphatic carbocycles. The highest BCUT2D eigenvalue weighted by Gasteiger charge is 2.29. The van der Waals surface area contributed by atoms with Gasteiger partial charge in [-0.3, -0.25) is 14.5 Å². The predicted molar refractivity (Wildman–Crippen MR) is 91.6 cm³/mol. The number of ether oxygens (including phenoxy) is 1. The number of fused-ring (bicyclic) bond motifs is 1. The van der Waals surface area contributed by atoms with Gasteiger partial charge in [0.1, 0.15) is 12.4 Å². The average molecular weight is 367 g/mol. The standard InChI is InChI=1S/C15H12Cl2N4O3/c16-8-2-1-3-9(14(8)17)19-12(22)6-21-13(23)7-24-10-4-5-11(18)20-15(10)21/h1-5H,6-7H2,(H2,18,20)(H,19,22). The molecule has 24 heavy (non-hydrogen) atoms. The first-order valence-electron chi connectivity index (χ1n) is 6.89. The molecule has 3 rings (SSSR count). The van der Waals surface area contributed by atoms with Crippen molar-refractivity contribution in [2.24, 2.45) is 0 Å². The first-order chi connectivity index (χ1) is 11.5. The van der Waals surface area contributed by atoms with Crippen molar-refractivity contribution in [1.29, 1.82) is 0 Å². The van der Waals surface area contributed by atoms with Crippen LogP contribution in [-0.4, -0.2) is 29.9 Å². The van der Waals surface area contributed by atoms with Gasteiger partial charge in [-0.25, -0.2) is 4.98 Å². The first kappa shape index (κ1) is 16.4. The van der Waals surface area contributed by atoms with E-state index in [0.29, 0.717) is 16.5 Å². The van der Waals surface area contributed by atoms with Crippen LogP contribution in [0, 0.1) is 0 Å². The number of anilines is 3. The van der Waals surface area contributed by atoms with Gasteiger partial charge in [0, 0.05) is 0 Å². The Morgan fingerprint density at radius 3 is 2.92 bits per heavy atom. The Morgan fingerprint density at radius 2 is 2.12 bits per heavy atom. The van der Waals surface area contributed by atoms with E-state index in [1.807, 2.05) is 0 Å². The number of pyridine rings is 1. The largest absolute Gasteiger partial charge is 0.480 e. The van der Waals surface area contributed by atoms with Gasteiger partial charge in [-0.1, -0.05) is 29.3 Å². The highest BCUT2D eigenvalue weighted by atomic mass is 35.5. The lowest BCUT2D eigenvalue weighted by Crippen LogP contribution is -2.44. The molecule has 1 aliphatic rings. The van der Waals surface area contributed by atoms with Crippen molar-refractivity contribution in [2.45, 2.75) is 0 Å². The molecule has 0 fully saturated rings. The second-order valence-electron chi connectivity index (χ2n) is 4.98. The predicted octanol–water partition coefficient (Wildman–Crippen LogP) is 2.33. The van der Waals surface area contributed by atoms with E-state index >= 15 is 0 Å². The summed E-state index contributed by atoms with van der Waals surface area (Å²) in [5.74, 6) is -0.0381. The van der Waals surface area contributed by atoms with Gasteiger partial charge in [0.2, 0.25) is 5.91 Å². The lowest BCUT2D eigenvalue weighted by Gasteiger charge is -2.27. The molecule has 7 nitrogen and oxygen atoms in total. The fourth-order valence-corrected chi connectivity index (χ4v) is 2.54. The summed E-state index contributed by atoms with van der Waals surface area (Å²) in [7, 11) is 0. The van der Waals surface area contributed by atoms with Gasteiger partial charge in [0.05, 0.1) is 15.7 Å². The summed E-state index contributed by atoms with van der Waals surface area (Å²) >= 11 is 11.9. The average Bonchev–Trinajstić information content (AvgIpc) is 2.55. The molecule has 2 amide bonds. The topological polar surface area (TPSA) is 97.5 Å². The lowest BCUT2D eigenvalue weighted by molar-refractivity contribution is -0.123. The zero-order valence-corrected chi connectivity index (χ0v) is 13.8. The molecule has 0 saturated carbocycles. The SMILES string of the molecule is Nc1ccc2c(n1)N(CC(=O)Nc1cccc(Cl)c1Cl)C(=O)CO2. The van der Waals surface area contributed by atoms with Crippen molar-refractivity contribution in [3.63, 3.8) is 0 Å². The Morgan fingerprint density at radius 1 is 1.33 bits per heavy atom. The fourth-order valence-electron chi connectivity index (χ4n) is 2.19. The number of nitrogens with one attached hydrogen (secondary N) is 1. The third-order valence-electron chi connectivity index (χ3n) is 3.30. The van der Waals surface area contributed by atoms with Crippen LogP contribution in [0.5, 0.6) is 5.75 Å². The smallest absolute Gasteiger partial charge is 0.266 e. The Labute approximate surface area is 147 Å². The Balaban J connectivity index is 1.80. The minimum Gasteiger partial charge on any atom is -0.480 e. The lowest BCUT2D eigenvalue weighted by atomic mass is 10.3. The van der Waals surface area contributed by atoms with Crippen molar-refractivity contribution in [1.82, 2.24) is 4.98 Å². The number of halogens is 2. The fraction of sp³-hybridized carbons (Fsp3) is 0.133. The van der Waals surface area contributed by atoms with Gasteiger partial charge >= 0.3 is 0 Å². The zero-order chi connectivity index (χ0) is 17.3. The van der Waals surface area contributed by atoms with Crippen LogP contribution in [0.4, 0.5) is 17.3 Å². The van der Waals surface area contributed by atoms with Gasteiger partial charge in [0.15, 0.2) is 18.2 Å². The van der Waals surface area contributed by atoms with E-state index < -0.39 is 11.8 Å². The summed E-state index contributed by atoms with van der Waals surface area (Å²) in [5.41, 5.74) is 6.00. The molecule has 0 saturated heterocycles. The third-order valence-corrected chi connectivity index (χ3v) is 4.12. The number of carbonyl (C=O) groups excluding carboxylic acids is 2. The molecular formula is C15H12Cl2N4O3. The maximum atomic E-state index is 12.3. The maximum Gasteiger partial charge on any atom is 0.266 e. The van der Waals surface area contributed by atoms with Gasteiger partial charge in [0.25, 0.3) is 5.91 Å². The zero-order valence-electron chi connectivity index (χ0n) is 12.3. The molecule has 0 unspecified atom stereocenters. The van der Waals surface area contributed by atoms with Gasteiger partial charge in [-0.05, 0) is 24.3 Å². The second kappa shape index (κ2) is 6.54. The van der Waals surface area contributed by atoms with E-state index in [1.54, 1.807) is 30.3 Å². The number of hydrogen-bond acceptors (Lipinski definition) is 5. The summed E-state index contributed by atoms with van der Waals surface area (Å²) in [6.07, 6.45) is 0. The van der Waals surface area contributed by atoms with Crippen LogP contribution >= 0.6 is 23.2 Å².